The van der Waals surface area contributed by atoms with Crippen LogP contribution in [0.5, 0.6) is 0 Å². The van der Waals surface area contributed by atoms with E-state index in [4.69, 9.17) is 0 Å². The Morgan fingerprint density at radius 3 is 2.42 bits per heavy atom. The molecule has 1 saturated heterocycles. The zero-order valence-corrected chi connectivity index (χ0v) is 20.9. The Balaban J connectivity index is 1.74. The Labute approximate surface area is 220 Å². The van der Waals surface area contributed by atoms with Crippen molar-refractivity contribution in [2.45, 2.75) is 44.6 Å². The van der Waals surface area contributed by atoms with Crippen LogP contribution < -0.4 is 0 Å². The van der Waals surface area contributed by atoms with Gasteiger partial charge in [-0.2, -0.15) is 18.4 Å². The number of nitriles is 1. The van der Waals surface area contributed by atoms with Crippen LogP contribution in [-0.4, -0.2) is 27.7 Å². The highest BCUT2D eigenvalue weighted by Crippen LogP contribution is 2.36. The Bertz CT molecular complexity index is 1370. The maximum atomic E-state index is 14.2. The van der Waals surface area contributed by atoms with Gasteiger partial charge in [-0.1, -0.05) is 73.7 Å². The van der Waals surface area contributed by atoms with Crippen LogP contribution in [0.2, 0.25) is 0 Å². The molecule has 0 spiro atoms. The molecule has 7 heteroatoms. The summed E-state index contributed by atoms with van der Waals surface area (Å²) in [6.45, 7) is 3.97. The van der Waals surface area contributed by atoms with Gasteiger partial charge in [0, 0.05) is 12.1 Å². The molecule has 1 atom stereocenters. The van der Waals surface area contributed by atoms with Gasteiger partial charge in [0.25, 0.3) is 0 Å². The van der Waals surface area contributed by atoms with Crippen molar-refractivity contribution in [1.82, 2.24) is 4.90 Å². The monoisotopic (exact) mass is 518 g/mol. The number of hydrogen-bond acceptors (Lipinski definition) is 4. The molecule has 38 heavy (non-hydrogen) atoms. The maximum Gasteiger partial charge on any atom is 0.416 e. The molecule has 0 aliphatic carbocycles. The summed E-state index contributed by atoms with van der Waals surface area (Å²) in [5.41, 5.74) is 2.20. The van der Waals surface area contributed by atoms with Gasteiger partial charge in [-0.25, -0.2) is 0 Å². The largest absolute Gasteiger partial charge is 0.511 e. The van der Waals surface area contributed by atoms with Crippen molar-refractivity contribution in [3.63, 3.8) is 0 Å². The number of rotatable bonds is 7. The van der Waals surface area contributed by atoms with Crippen molar-refractivity contribution < 1.29 is 23.4 Å². The van der Waals surface area contributed by atoms with Gasteiger partial charge in [0.1, 0.15) is 11.8 Å². The molecular formula is C31H29F3N2O2. The van der Waals surface area contributed by atoms with Gasteiger partial charge in [-0.3, -0.25) is 4.90 Å². The van der Waals surface area contributed by atoms with Crippen LogP contribution in [0.25, 0.3) is 23.3 Å². The first-order valence-corrected chi connectivity index (χ1v) is 12.4. The summed E-state index contributed by atoms with van der Waals surface area (Å²) in [4.78, 5) is 1.91. The van der Waals surface area contributed by atoms with E-state index >= 15 is 0 Å². The minimum absolute atomic E-state index is 0.00289. The lowest BCUT2D eigenvalue weighted by atomic mass is 9.93. The zero-order chi connectivity index (χ0) is 27.3. The quantitative estimate of drug-likeness (QED) is 0.254. The molecule has 0 amide bonds. The molecule has 4 rings (SSSR count). The molecule has 1 aliphatic heterocycles. The van der Waals surface area contributed by atoms with E-state index in [-0.39, 0.29) is 23.9 Å². The summed E-state index contributed by atoms with van der Waals surface area (Å²) in [6, 6.07) is 18.9. The number of alkyl halides is 3. The number of benzene rings is 3. The fourth-order valence-corrected chi connectivity index (χ4v) is 5.03. The van der Waals surface area contributed by atoms with E-state index in [1.165, 1.54) is 18.2 Å². The summed E-state index contributed by atoms with van der Waals surface area (Å²) in [7, 11) is 0. The second kappa shape index (κ2) is 11.7. The molecule has 1 aliphatic rings. The standard InChI is InChI=1S/C31H29F3N2O2/c1-21(38)30-12-5-6-15-36(30)19-25-17-29(31(32,33)34)24(16-26(25)20-37)14-13-23-10-7-11-27(28(23)18-35)22-8-3-2-4-9-22/h2-4,7-11,13-14,16-17,30,37-38H,1,5-6,12,15,19-20H2/b14-13+/t30-/m0/s1. The third-order valence-electron chi connectivity index (χ3n) is 6.95. The van der Waals surface area contributed by atoms with E-state index in [1.807, 2.05) is 35.2 Å². The Kier molecular flexibility index (Phi) is 8.35. The number of nitrogens with zero attached hydrogens (tertiary/aromatic N) is 2. The number of halogens is 3. The Morgan fingerprint density at radius 1 is 1.03 bits per heavy atom. The SMILES string of the molecule is C=C(O)[C@@H]1CCCCN1Cc1cc(C(F)(F)F)c(/C=C/c2cccc(-c3ccccc3)c2C#N)cc1CO. The zero-order valence-electron chi connectivity index (χ0n) is 20.9. The van der Waals surface area contributed by atoms with Gasteiger partial charge < -0.3 is 10.2 Å². The van der Waals surface area contributed by atoms with Crippen molar-refractivity contribution in [2.24, 2.45) is 0 Å². The normalized spacial score (nSPS) is 16.4. The van der Waals surface area contributed by atoms with E-state index in [9.17, 15) is 28.6 Å². The lowest BCUT2D eigenvalue weighted by Gasteiger charge is -2.35. The van der Waals surface area contributed by atoms with E-state index < -0.39 is 18.3 Å². The molecule has 3 aromatic rings. The van der Waals surface area contributed by atoms with Crippen LogP contribution in [0.15, 0.2) is 73.0 Å². The van der Waals surface area contributed by atoms with Crippen molar-refractivity contribution in [3.05, 3.63) is 106 Å². The van der Waals surface area contributed by atoms with Gasteiger partial charge >= 0.3 is 6.18 Å². The summed E-state index contributed by atoms with van der Waals surface area (Å²) < 4.78 is 42.6. The van der Waals surface area contributed by atoms with Crippen molar-refractivity contribution in [3.8, 4) is 17.2 Å². The number of piperidine rings is 1. The number of hydrogen-bond donors (Lipinski definition) is 2. The summed E-state index contributed by atoms with van der Waals surface area (Å²) >= 11 is 0. The topological polar surface area (TPSA) is 67.5 Å². The van der Waals surface area contributed by atoms with E-state index in [1.54, 1.807) is 18.2 Å². The first-order valence-electron chi connectivity index (χ1n) is 12.4. The first-order chi connectivity index (χ1) is 18.2. The predicted octanol–water partition coefficient (Wildman–Crippen LogP) is 7.33. The van der Waals surface area contributed by atoms with E-state index in [0.29, 0.717) is 40.8 Å². The Hall–Kier alpha value is -3.86. The van der Waals surface area contributed by atoms with Crippen LogP contribution in [0, 0.1) is 11.3 Å². The molecule has 1 heterocycles. The summed E-state index contributed by atoms with van der Waals surface area (Å²) in [6.07, 6.45) is 0.673. The second-order valence-electron chi connectivity index (χ2n) is 9.42. The fourth-order valence-electron chi connectivity index (χ4n) is 5.03. The molecule has 0 aromatic heterocycles. The Morgan fingerprint density at radius 2 is 1.76 bits per heavy atom. The molecule has 3 aromatic carbocycles. The molecule has 0 unspecified atom stereocenters. The number of aliphatic hydroxyl groups excluding tert-OH is 2. The number of likely N-dealkylation sites (tertiary alicyclic amines) is 1. The predicted molar refractivity (Wildman–Crippen MR) is 143 cm³/mol. The van der Waals surface area contributed by atoms with Crippen LogP contribution in [-0.2, 0) is 19.3 Å². The highest BCUT2D eigenvalue weighted by molar-refractivity contribution is 5.81. The molecule has 0 radical (unpaired) electrons. The van der Waals surface area contributed by atoms with Crippen molar-refractivity contribution in [2.75, 3.05) is 6.54 Å². The first kappa shape index (κ1) is 27.2. The third-order valence-corrected chi connectivity index (χ3v) is 6.95. The molecule has 0 saturated carbocycles. The van der Waals surface area contributed by atoms with Crippen LogP contribution in [0.1, 0.15) is 52.6 Å². The molecule has 0 bridgehead atoms. The molecule has 4 nitrogen and oxygen atoms in total. The third kappa shape index (κ3) is 5.99. The lowest BCUT2D eigenvalue weighted by molar-refractivity contribution is -0.137. The molecular weight excluding hydrogens is 489 g/mol. The van der Waals surface area contributed by atoms with Crippen LogP contribution >= 0.6 is 0 Å². The lowest BCUT2D eigenvalue weighted by Crippen LogP contribution is -2.40. The van der Waals surface area contributed by atoms with Gasteiger partial charge in [-0.15, -0.1) is 0 Å². The fraction of sp³-hybridized carbons (Fsp3) is 0.258. The molecule has 2 N–H and O–H groups in total. The molecule has 196 valence electrons. The van der Waals surface area contributed by atoms with Gasteiger partial charge in [-0.05, 0) is 59.3 Å². The second-order valence-corrected chi connectivity index (χ2v) is 9.42. The van der Waals surface area contributed by atoms with Crippen molar-refractivity contribution in [1.29, 1.82) is 5.26 Å². The smallest absolute Gasteiger partial charge is 0.416 e. The van der Waals surface area contributed by atoms with Crippen molar-refractivity contribution >= 4 is 12.2 Å². The highest BCUT2D eigenvalue weighted by atomic mass is 19.4. The minimum Gasteiger partial charge on any atom is -0.511 e. The van der Waals surface area contributed by atoms with Gasteiger partial charge in [0.05, 0.1) is 23.8 Å². The number of aliphatic hydroxyl groups is 2. The summed E-state index contributed by atoms with van der Waals surface area (Å²) in [5.74, 6) is -0.00289. The van der Waals surface area contributed by atoms with E-state index in [0.717, 1.165) is 24.5 Å². The minimum atomic E-state index is -4.63. The van der Waals surface area contributed by atoms with E-state index in [2.05, 4.69) is 12.6 Å². The van der Waals surface area contributed by atoms with Crippen LogP contribution in [0.3, 0.4) is 0 Å². The average Bonchev–Trinajstić information content (AvgIpc) is 2.91. The van der Waals surface area contributed by atoms with Crippen LogP contribution in [0.4, 0.5) is 13.2 Å². The maximum absolute atomic E-state index is 14.2. The summed E-state index contributed by atoms with van der Waals surface area (Å²) in [5, 5.41) is 29.9. The van der Waals surface area contributed by atoms with Gasteiger partial charge in [0.15, 0.2) is 0 Å². The van der Waals surface area contributed by atoms with Gasteiger partial charge in [0.2, 0.25) is 0 Å². The molecule has 1 fully saturated rings. The average molecular weight is 519 g/mol. The highest BCUT2D eigenvalue weighted by Gasteiger charge is 2.34.